The number of rotatable bonds is 7. The van der Waals surface area contributed by atoms with Crippen LogP contribution in [-0.4, -0.2) is 40.0 Å². The topological polar surface area (TPSA) is 98.7 Å². The van der Waals surface area contributed by atoms with E-state index in [4.69, 9.17) is 9.15 Å². The Labute approximate surface area is 139 Å². The van der Waals surface area contributed by atoms with Gasteiger partial charge in [-0.15, -0.1) is 0 Å². The van der Waals surface area contributed by atoms with E-state index in [1.807, 2.05) is 0 Å². The Bertz CT molecular complexity index is 734. The summed E-state index contributed by atoms with van der Waals surface area (Å²) in [7, 11) is 0. The Balaban J connectivity index is 2.07. The van der Waals surface area contributed by atoms with Crippen molar-refractivity contribution in [3.63, 3.8) is 0 Å². The van der Waals surface area contributed by atoms with E-state index in [1.54, 1.807) is 0 Å². The Morgan fingerprint density at radius 1 is 1.36 bits per heavy atom. The third-order valence-electron chi connectivity index (χ3n) is 2.92. The number of ether oxygens (including phenoxy) is 1. The number of pyridine rings is 1. The third kappa shape index (κ3) is 5.48. The fourth-order valence-electron chi connectivity index (χ4n) is 1.90. The van der Waals surface area contributed by atoms with E-state index < -0.39 is 42.5 Å². The molecule has 0 aromatic carbocycles. The molecule has 0 saturated carbocycles. The van der Waals surface area contributed by atoms with Gasteiger partial charge >= 0.3 is 12.0 Å². The zero-order chi connectivity index (χ0) is 18.4. The molecule has 0 aliphatic heterocycles. The van der Waals surface area contributed by atoms with Crippen LogP contribution in [0.2, 0.25) is 0 Å². The number of hydrogen-bond acceptors (Lipinski definition) is 6. The van der Waals surface area contributed by atoms with E-state index in [0.717, 1.165) is 6.20 Å². The minimum Gasteiger partial charge on any atom is -0.476 e. The number of aromatic nitrogens is 1. The molecule has 8 nitrogen and oxygen atoms in total. The minimum absolute atomic E-state index is 0.157. The van der Waals surface area contributed by atoms with Gasteiger partial charge in [0, 0.05) is 0 Å². The van der Waals surface area contributed by atoms with Crippen molar-refractivity contribution in [2.75, 3.05) is 13.2 Å². The quantitative estimate of drug-likeness (QED) is 0.556. The number of alkyl halides is 3. The molecule has 0 saturated heterocycles. The summed E-state index contributed by atoms with van der Waals surface area (Å²) in [5.41, 5.74) is 0. The average molecular weight is 359 g/mol. The first-order valence-corrected chi connectivity index (χ1v) is 6.85. The molecule has 0 bridgehead atoms. The summed E-state index contributed by atoms with van der Waals surface area (Å²) < 4.78 is 47.9. The zero-order valence-electron chi connectivity index (χ0n) is 12.6. The SMILES string of the molecule is O=C(COc1cccnc1[N+](=O)[O-])N(Cc1ccco1)CC(F)(F)F. The van der Waals surface area contributed by atoms with Crippen molar-refractivity contribution in [1.29, 1.82) is 0 Å². The van der Waals surface area contributed by atoms with Crippen molar-refractivity contribution < 1.29 is 32.0 Å². The van der Waals surface area contributed by atoms with E-state index in [1.165, 1.54) is 30.5 Å². The summed E-state index contributed by atoms with van der Waals surface area (Å²) in [6.45, 7) is -2.74. The lowest BCUT2D eigenvalue weighted by Gasteiger charge is -2.23. The van der Waals surface area contributed by atoms with Crippen molar-refractivity contribution in [3.8, 4) is 5.75 Å². The van der Waals surface area contributed by atoms with Gasteiger partial charge in [0.2, 0.25) is 5.75 Å². The van der Waals surface area contributed by atoms with Crippen molar-refractivity contribution in [2.24, 2.45) is 0 Å². The van der Waals surface area contributed by atoms with Gasteiger partial charge < -0.3 is 24.2 Å². The Kier molecular flexibility index (Phi) is 5.57. The molecule has 2 aromatic rings. The normalized spacial score (nSPS) is 11.2. The first kappa shape index (κ1) is 18.2. The molecule has 25 heavy (non-hydrogen) atoms. The summed E-state index contributed by atoms with van der Waals surface area (Å²) in [4.78, 5) is 26.0. The highest BCUT2D eigenvalue weighted by atomic mass is 19.4. The molecule has 2 rings (SSSR count). The number of nitro groups is 1. The highest BCUT2D eigenvalue weighted by Gasteiger charge is 2.33. The van der Waals surface area contributed by atoms with Crippen molar-refractivity contribution in [2.45, 2.75) is 12.7 Å². The number of amides is 1. The first-order chi connectivity index (χ1) is 11.8. The van der Waals surface area contributed by atoms with Gasteiger partial charge in [-0.2, -0.15) is 13.2 Å². The van der Waals surface area contributed by atoms with Crippen molar-refractivity contribution >= 4 is 11.7 Å². The van der Waals surface area contributed by atoms with Gasteiger partial charge in [-0.25, -0.2) is 0 Å². The van der Waals surface area contributed by atoms with Gasteiger partial charge in [0.1, 0.15) is 18.5 Å². The summed E-state index contributed by atoms with van der Waals surface area (Å²) in [6, 6.07) is 5.42. The van der Waals surface area contributed by atoms with Crippen LogP contribution >= 0.6 is 0 Å². The molecule has 0 unspecified atom stereocenters. The Morgan fingerprint density at radius 3 is 2.72 bits per heavy atom. The van der Waals surface area contributed by atoms with Gasteiger partial charge in [-0.05, 0) is 34.2 Å². The third-order valence-corrected chi connectivity index (χ3v) is 2.92. The molecular formula is C14H12F3N3O5. The van der Waals surface area contributed by atoms with E-state index in [9.17, 15) is 28.1 Å². The molecular weight excluding hydrogens is 347 g/mol. The number of halogens is 3. The Morgan fingerprint density at radius 2 is 2.12 bits per heavy atom. The molecule has 2 aromatic heterocycles. The van der Waals surface area contributed by atoms with Crippen LogP contribution in [0, 0.1) is 10.1 Å². The lowest BCUT2D eigenvalue weighted by Crippen LogP contribution is -2.40. The van der Waals surface area contributed by atoms with Gasteiger partial charge in [0.25, 0.3) is 5.91 Å². The van der Waals surface area contributed by atoms with Crippen LogP contribution in [0.15, 0.2) is 41.1 Å². The largest absolute Gasteiger partial charge is 0.476 e. The van der Waals surface area contributed by atoms with E-state index in [2.05, 4.69) is 4.98 Å². The van der Waals surface area contributed by atoms with Crippen LogP contribution in [-0.2, 0) is 11.3 Å². The number of carbonyl (C=O) groups excluding carboxylic acids is 1. The maximum absolute atomic E-state index is 12.7. The number of hydrogen-bond donors (Lipinski definition) is 0. The summed E-state index contributed by atoms with van der Waals surface area (Å²) in [5.74, 6) is -1.80. The van der Waals surface area contributed by atoms with E-state index >= 15 is 0 Å². The average Bonchev–Trinajstić information content (AvgIpc) is 3.04. The molecule has 0 radical (unpaired) electrons. The van der Waals surface area contributed by atoms with Crippen LogP contribution in [0.25, 0.3) is 0 Å². The lowest BCUT2D eigenvalue weighted by atomic mass is 10.3. The summed E-state index contributed by atoms with van der Waals surface area (Å²) >= 11 is 0. The van der Waals surface area contributed by atoms with Crippen LogP contribution in [0.1, 0.15) is 5.76 Å². The standard InChI is InChI=1S/C14H12F3N3O5/c15-14(16,17)9-19(7-10-3-2-6-24-10)12(21)8-25-11-4-1-5-18-13(11)20(22)23/h1-6H,7-9H2. The molecule has 0 atom stereocenters. The lowest BCUT2D eigenvalue weighted by molar-refractivity contribution is -0.390. The molecule has 0 N–H and O–H groups in total. The predicted molar refractivity (Wildman–Crippen MR) is 76.6 cm³/mol. The number of nitrogens with zero attached hydrogens (tertiary/aromatic N) is 3. The van der Waals surface area contributed by atoms with Crippen LogP contribution in [0.4, 0.5) is 19.0 Å². The zero-order valence-corrected chi connectivity index (χ0v) is 12.6. The first-order valence-electron chi connectivity index (χ1n) is 6.85. The van der Waals surface area contributed by atoms with Crippen molar-refractivity contribution in [1.82, 2.24) is 9.88 Å². The summed E-state index contributed by atoms with van der Waals surface area (Å²) in [5, 5.41) is 10.8. The highest BCUT2D eigenvalue weighted by molar-refractivity contribution is 5.77. The molecule has 0 aliphatic rings. The van der Waals surface area contributed by atoms with Gasteiger partial charge in [0.05, 0.1) is 12.8 Å². The summed E-state index contributed by atoms with van der Waals surface area (Å²) in [6.07, 6.45) is -2.21. The second-order valence-electron chi connectivity index (χ2n) is 4.82. The molecule has 11 heteroatoms. The molecule has 134 valence electrons. The van der Waals surface area contributed by atoms with Crippen LogP contribution in [0.5, 0.6) is 5.75 Å². The van der Waals surface area contributed by atoms with Crippen LogP contribution < -0.4 is 4.74 Å². The molecule has 1 amide bonds. The molecule has 0 spiro atoms. The second kappa shape index (κ2) is 7.64. The molecule has 0 aliphatic carbocycles. The van der Waals surface area contributed by atoms with E-state index in [-0.39, 0.29) is 11.5 Å². The van der Waals surface area contributed by atoms with Gasteiger partial charge in [0.15, 0.2) is 6.61 Å². The predicted octanol–water partition coefficient (Wildman–Crippen LogP) is 2.55. The van der Waals surface area contributed by atoms with Crippen molar-refractivity contribution in [3.05, 3.63) is 52.6 Å². The molecule has 2 heterocycles. The molecule has 0 fully saturated rings. The number of furan rings is 1. The maximum atomic E-state index is 12.7. The maximum Gasteiger partial charge on any atom is 0.406 e. The van der Waals surface area contributed by atoms with Gasteiger partial charge in [-0.1, -0.05) is 0 Å². The fourth-order valence-corrected chi connectivity index (χ4v) is 1.90. The second-order valence-corrected chi connectivity index (χ2v) is 4.82. The number of carbonyl (C=O) groups is 1. The minimum atomic E-state index is -4.62. The monoisotopic (exact) mass is 359 g/mol. The highest BCUT2D eigenvalue weighted by Crippen LogP contribution is 2.23. The smallest absolute Gasteiger partial charge is 0.406 e. The van der Waals surface area contributed by atoms with E-state index in [0.29, 0.717) is 4.90 Å². The Hall–Kier alpha value is -3.11. The van der Waals surface area contributed by atoms with Gasteiger partial charge in [-0.3, -0.25) is 4.79 Å². The van der Waals surface area contributed by atoms with Crippen LogP contribution in [0.3, 0.4) is 0 Å². The fraction of sp³-hybridized carbons (Fsp3) is 0.286.